The van der Waals surface area contributed by atoms with Gasteiger partial charge in [0.05, 0.1) is 11.8 Å². The largest absolute Gasteiger partial charge is 0.463 e. The number of aromatic nitrogens is 4. The summed E-state index contributed by atoms with van der Waals surface area (Å²) in [6.07, 6.45) is 4.92. The highest BCUT2D eigenvalue weighted by molar-refractivity contribution is 5.83. The number of rotatable bonds is 4. The average molecular weight is 351 g/mol. The van der Waals surface area contributed by atoms with Crippen LogP contribution in [0.4, 0.5) is 0 Å². The summed E-state index contributed by atoms with van der Waals surface area (Å²) in [7, 11) is 0. The van der Waals surface area contributed by atoms with Gasteiger partial charge in [0.2, 0.25) is 5.91 Å². The van der Waals surface area contributed by atoms with Crippen LogP contribution in [0.15, 0.2) is 52.1 Å². The number of hydrogen-bond acceptors (Lipinski definition) is 5. The lowest BCUT2D eigenvalue weighted by Crippen LogP contribution is -2.38. The topological polar surface area (TPSA) is 94.4 Å². The Morgan fingerprint density at radius 3 is 2.96 bits per heavy atom. The first-order valence-corrected chi connectivity index (χ1v) is 8.21. The number of amides is 1. The lowest BCUT2D eigenvalue weighted by atomic mass is 10.2. The summed E-state index contributed by atoms with van der Waals surface area (Å²) >= 11 is 0. The van der Waals surface area contributed by atoms with Gasteiger partial charge in [-0.15, -0.1) is 0 Å². The molecule has 0 bridgehead atoms. The molecule has 0 aliphatic carbocycles. The van der Waals surface area contributed by atoms with Gasteiger partial charge in [0.25, 0.3) is 5.56 Å². The first-order chi connectivity index (χ1) is 12.6. The maximum absolute atomic E-state index is 12.8. The van der Waals surface area contributed by atoms with Crippen molar-refractivity contribution >= 4 is 22.5 Å². The fourth-order valence-electron chi connectivity index (χ4n) is 3.01. The summed E-state index contributed by atoms with van der Waals surface area (Å²) in [6, 6.07) is 6.38. The van der Waals surface area contributed by atoms with Gasteiger partial charge in [-0.05, 0) is 25.5 Å². The molecule has 1 N–H and O–H groups in total. The Balaban J connectivity index is 1.66. The predicted molar refractivity (Wildman–Crippen MR) is 94.8 cm³/mol. The van der Waals surface area contributed by atoms with Gasteiger partial charge in [0.1, 0.15) is 17.4 Å². The zero-order valence-electron chi connectivity index (χ0n) is 14.3. The van der Waals surface area contributed by atoms with E-state index in [1.165, 1.54) is 4.68 Å². The van der Waals surface area contributed by atoms with E-state index in [-0.39, 0.29) is 11.5 Å². The van der Waals surface area contributed by atoms with Crippen molar-refractivity contribution in [3.63, 3.8) is 0 Å². The molecule has 0 spiro atoms. The van der Waals surface area contributed by atoms with E-state index in [0.29, 0.717) is 23.5 Å². The Morgan fingerprint density at radius 2 is 2.19 bits per heavy atom. The minimum absolute atomic E-state index is 0.289. The van der Waals surface area contributed by atoms with E-state index in [1.807, 2.05) is 6.07 Å². The third kappa shape index (κ3) is 2.55. The molecular formula is C18H17N5O3. The van der Waals surface area contributed by atoms with Crippen molar-refractivity contribution in [2.24, 2.45) is 0 Å². The number of aryl methyl sites for hydroxylation is 1. The van der Waals surface area contributed by atoms with Gasteiger partial charge in [0.15, 0.2) is 5.58 Å². The lowest BCUT2D eigenvalue weighted by molar-refractivity contribution is -0.124. The van der Waals surface area contributed by atoms with Crippen LogP contribution >= 0.6 is 0 Å². The second-order valence-corrected chi connectivity index (χ2v) is 6.09. The molecule has 4 aromatic heterocycles. The maximum atomic E-state index is 12.8. The Bertz CT molecular complexity index is 1160. The van der Waals surface area contributed by atoms with Gasteiger partial charge >= 0.3 is 0 Å². The second kappa shape index (κ2) is 6.14. The van der Waals surface area contributed by atoms with E-state index in [9.17, 15) is 9.59 Å². The van der Waals surface area contributed by atoms with E-state index in [4.69, 9.17) is 4.42 Å². The van der Waals surface area contributed by atoms with Crippen LogP contribution in [0.1, 0.15) is 24.4 Å². The zero-order valence-corrected chi connectivity index (χ0v) is 14.3. The van der Waals surface area contributed by atoms with Crippen LogP contribution in [0.25, 0.3) is 16.6 Å². The molecule has 4 heterocycles. The highest BCUT2D eigenvalue weighted by atomic mass is 16.3. The third-order valence-corrected chi connectivity index (χ3v) is 4.36. The molecule has 4 aromatic rings. The first kappa shape index (κ1) is 16.1. The van der Waals surface area contributed by atoms with E-state index in [2.05, 4.69) is 15.4 Å². The number of carbonyl (C=O) groups is 1. The van der Waals surface area contributed by atoms with Crippen LogP contribution in [0, 0.1) is 6.92 Å². The first-order valence-electron chi connectivity index (χ1n) is 8.21. The second-order valence-electron chi connectivity index (χ2n) is 6.09. The average Bonchev–Trinajstić information content (AvgIpc) is 3.24. The van der Waals surface area contributed by atoms with Crippen molar-refractivity contribution in [2.45, 2.75) is 26.4 Å². The lowest BCUT2D eigenvalue weighted by Gasteiger charge is -2.15. The minimum atomic E-state index is -0.746. The zero-order chi connectivity index (χ0) is 18.3. The Hall–Kier alpha value is -3.42. The quantitative estimate of drug-likeness (QED) is 0.605. The summed E-state index contributed by atoms with van der Waals surface area (Å²) < 4.78 is 8.31. The Kier molecular flexibility index (Phi) is 3.80. The van der Waals surface area contributed by atoms with Crippen molar-refractivity contribution in [1.82, 2.24) is 24.5 Å². The van der Waals surface area contributed by atoms with E-state index in [0.717, 1.165) is 11.1 Å². The summed E-state index contributed by atoms with van der Waals surface area (Å²) in [5, 5.41) is 7.14. The monoisotopic (exact) mass is 351 g/mol. The van der Waals surface area contributed by atoms with Crippen LogP contribution in [-0.2, 0) is 11.3 Å². The van der Waals surface area contributed by atoms with Crippen molar-refractivity contribution in [3.05, 3.63) is 64.7 Å². The standard InChI is InChI=1S/C18H17N5O3/c1-11(17(24)20-10-13-4-3-6-19-9-13)23-18(25)15-8-16-14(5-7-26-16)22(15)12(2)21-23/h3-9,11H,10H2,1-2H3,(H,20,24). The van der Waals surface area contributed by atoms with Crippen LogP contribution in [-0.4, -0.2) is 25.1 Å². The van der Waals surface area contributed by atoms with Gasteiger partial charge in [0, 0.05) is 31.1 Å². The molecule has 8 heteroatoms. The molecule has 8 nitrogen and oxygen atoms in total. The maximum Gasteiger partial charge on any atom is 0.291 e. The normalized spacial score (nSPS) is 12.5. The summed E-state index contributed by atoms with van der Waals surface area (Å²) in [5.74, 6) is 0.311. The molecule has 0 radical (unpaired) electrons. The molecule has 132 valence electrons. The third-order valence-electron chi connectivity index (χ3n) is 4.36. The number of furan rings is 1. The van der Waals surface area contributed by atoms with E-state index >= 15 is 0 Å². The molecular weight excluding hydrogens is 334 g/mol. The van der Waals surface area contributed by atoms with Crippen molar-refractivity contribution in [3.8, 4) is 0 Å². The molecule has 0 fully saturated rings. The summed E-state index contributed by atoms with van der Waals surface area (Å²) in [4.78, 5) is 29.3. The molecule has 1 atom stereocenters. The van der Waals surface area contributed by atoms with Gasteiger partial charge in [-0.2, -0.15) is 5.10 Å². The van der Waals surface area contributed by atoms with Crippen molar-refractivity contribution in [1.29, 1.82) is 0 Å². The molecule has 4 rings (SSSR count). The Labute approximate surface area is 148 Å². The van der Waals surface area contributed by atoms with E-state index < -0.39 is 6.04 Å². The fourth-order valence-corrected chi connectivity index (χ4v) is 3.01. The number of fused-ring (bicyclic) bond motifs is 3. The van der Waals surface area contributed by atoms with Gasteiger partial charge in [-0.3, -0.25) is 19.0 Å². The van der Waals surface area contributed by atoms with Gasteiger partial charge in [-0.25, -0.2) is 4.68 Å². The Morgan fingerprint density at radius 1 is 1.35 bits per heavy atom. The molecule has 0 saturated carbocycles. The molecule has 26 heavy (non-hydrogen) atoms. The number of hydrogen-bond donors (Lipinski definition) is 1. The predicted octanol–water partition coefficient (Wildman–Crippen LogP) is 1.82. The number of pyridine rings is 1. The molecule has 1 unspecified atom stereocenters. The molecule has 1 amide bonds. The smallest absolute Gasteiger partial charge is 0.291 e. The van der Waals surface area contributed by atoms with Crippen LogP contribution in [0.5, 0.6) is 0 Å². The summed E-state index contributed by atoms with van der Waals surface area (Å²) in [5.41, 5.74) is 2.36. The molecule has 0 aliphatic rings. The van der Waals surface area contributed by atoms with Crippen LogP contribution in [0.3, 0.4) is 0 Å². The van der Waals surface area contributed by atoms with Gasteiger partial charge in [-0.1, -0.05) is 6.07 Å². The number of nitrogens with one attached hydrogen (secondary N) is 1. The van der Waals surface area contributed by atoms with Gasteiger partial charge < -0.3 is 9.73 Å². The van der Waals surface area contributed by atoms with Crippen molar-refractivity contribution in [2.75, 3.05) is 0 Å². The highest BCUT2D eigenvalue weighted by Crippen LogP contribution is 2.20. The van der Waals surface area contributed by atoms with E-state index in [1.54, 1.807) is 55.1 Å². The van der Waals surface area contributed by atoms with Crippen LogP contribution < -0.4 is 10.9 Å². The van der Waals surface area contributed by atoms with Crippen LogP contribution in [0.2, 0.25) is 0 Å². The number of nitrogens with zero attached hydrogens (tertiary/aromatic N) is 4. The summed E-state index contributed by atoms with van der Waals surface area (Å²) in [6.45, 7) is 3.77. The SMILES string of the molecule is Cc1nn(C(C)C(=O)NCc2cccnc2)c(=O)c2cc3occc3n12. The fraction of sp³-hybridized carbons (Fsp3) is 0.222. The highest BCUT2D eigenvalue weighted by Gasteiger charge is 2.21. The molecule has 0 aromatic carbocycles. The van der Waals surface area contributed by atoms with Crippen molar-refractivity contribution < 1.29 is 9.21 Å². The molecule has 0 saturated heterocycles. The number of carbonyl (C=O) groups excluding carboxylic acids is 1. The molecule has 0 aliphatic heterocycles. The minimum Gasteiger partial charge on any atom is -0.463 e.